The highest BCUT2D eigenvalue weighted by Gasteiger charge is 2.39. The number of nitrogens with two attached hydrogens (primary N) is 1. The Morgan fingerprint density at radius 2 is 1.88 bits per heavy atom. The number of anilines is 1. The Kier molecular flexibility index (Phi) is 6.17. The van der Waals surface area contributed by atoms with Gasteiger partial charge in [-0.15, -0.1) is 0 Å². The summed E-state index contributed by atoms with van der Waals surface area (Å²) in [5, 5.41) is 5.65. The first kappa shape index (κ1) is 19.0. The van der Waals surface area contributed by atoms with Gasteiger partial charge in [0.05, 0.1) is 0 Å². The van der Waals surface area contributed by atoms with E-state index < -0.39 is 11.4 Å². The molecular weight excluding hydrogens is 318 g/mol. The van der Waals surface area contributed by atoms with E-state index in [4.69, 9.17) is 5.73 Å². The predicted octanol–water partition coefficient (Wildman–Crippen LogP) is 2.59. The summed E-state index contributed by atoms with van der Waals surface area (Å²) in [6.07, 6.45) is 4.66. The minimum atomic E-state index is -0.967. The van der Waals surface area contributed by atoms with Gasteiger partial charge in [0.15, 0.2) is 0 Å². The Balaban J connectivity index is 2.12. The van der Waals surface area contributed by atoms with Crippen LogP contribution in [0, 0.1) is 5.92 Å². The first-order valence-corrected chi connectivity index (χ1v) is 8.91. The summed E-state index contributed by atoms with van der Waals surface area (Å²) in [5.41, 5.74) is 5.56. The Labute approximate surface area is 148 Å². The summed E-state index contributed by atoms with van der Waals surface area (Å²) in [6.45, 7) is 3.80. The molecule has 1 atom stereocenters. The number of primary amides is 1. The molecule has 0 bridgehead atoms. The predicted molar refractivity (Wildman–Crippen MR) is 97.0 cm³/mol. The molecule has 6 heteroatoms. The van der Waals surface area contributed by atoms with Crippen LogP contribution in [-0.4, -0.2) is 23.3 Å². The lowest BCUT2D eigenvalue weighted by Crippen LogP contribution is -2.58. The zero-order valence-corrected chi connectivity index (χ0v) is 14.9. The smallest absolute Gasteiger partial charge is 0.252 e. The zero-order valence-electron chi connectivity index (χ0n) is 14.9. The largest absolute Gasteiger partial charge is 0.368 e. The van der Waals surface area contributed by atoms with Gasteiger partial charge in [0.25, 0.3) is 5.91 Å². The maximum absolute atomic E-state index is 12.6. The molecule has 136 valence electrons. The van der Waals surface area contributed by atoms with Crippen molar-refractivity contribution in [2.45, 2.75) is 57.9 Å². The van der Waals surface area contributed by atoms with Crippen molar-refractivity contribution in [1.82, 2.24) is 5.32 Å². The summed E-state index contributed by atoms with van der Waals surface area (Å²) >= 11 is 0. The Morgan fingerprint density at radius 3 is 2.48 bits per heavy atom. The van der Waals surface area contributed by atoms with Crippen LogP contribution in [0.3, 0.4) is 0 Å². The molecule has 0 saturated heterocycles. The number of benzene rings is 1. The summed E-state index contributed by atoms with van der Waals surface area (Å²) in [7, 11) is 0. The second-order valence-electron chi connectivity index (χ2n) is 6.84. The molecule has 6 nitrogen and oxygen atoms in total. The molecule has 0 radical (unpaired) electrons. The molecule has 1 aromatic carbocycles. The Morgan fingerprint density at radius 1 is 1.20 bits per heavy atom. The average molecular weight is 345 g/mol. The Hall–Kier alpha value is -2.37. The van der Waals surface area contributed by atoms with Crippen LogP contribution in [0.1, 0.15) is 62.7 Å². The van der Waals surface area contributed by atoms with Gasteiger partial charge >= 0.3 is 0 Å². The molecule has 0 heterocycles. The number of hydrogen-bond donors (Lipinski definition) is 3. The summed E-state index contributed by atoms with van der Waals surface area (Å²) in [6, 6.07) is 6.72. The molecule has 1 fully saturated rings. The second-order valence-corrected chi connectivity index (χ2v) is 6.84. The molecular formula is C19H27N3O3. The van der Waals surface area contributed by atoms with Gasteiger partial charge in [-0.25, -0.2) is 0 Å². The molecule has 4 N–H and O–H groups in total. The number of nitrogens with one attached hydrogen (secondary N) is 2. The van der Waals surface area contributed by atoms with Crippen LogP contribution in [0.4, 0.5) is 5.69 Å². The van der Waals surface area contributed by atoms with E-state index in [1.54, 1.807) is 24.3 Å². The molecule has 2 rings (SSSR count). The van der Waals surface area contributed by atoms with Crippen LogP contribution >= 0.6 is 0 Å². The van der Waals surface area contributed by atoms with Crippen molar-refractivity contribution < 1.29 is 14.4 Å². The molecule has 25 heavy (non-hydrogen) atoms. The SMILES string of the molecule is CCC(C)C(=O)Nc1cccc(C(=O)NC2(C(N)=O)CCCCC2)c1. The van der Waals surface area contributed by atoms with E-state index in [0.29, 0.717) is 24.1 Å². The normalized spacial score (nSPS) is 17.4. The first-order valence-electron chi connectivity index (χ1n) is 8.91. The van der Waals surface area contributed by atoms with Gasteiger partial charge in [0, 0.05) is 17.2 Å². The third kappa shape index (κ3) is 4.59. The number of carbonyl (C=O) groups excluding carboxylic acids is 3. The quantitative estimate of drug-likeness (QED) is 0.738. The molecule has 1 aliphatic carbocycles. The standard InChI is InChI=1S/C19H27N3O3/c1-3-13(2)16(23)21-15-9-7-8-14(12-15)17(24)22-19(18(20)25)10-5-4-6-11-19/h7-9,12-13H,3-6,10-11H2,1-2H3,(H2,20,25)(H,21,23)(H,22,24). The highest BCUT2D eigenvalue weighted by Crippen LogP contribution is 2.28. The molecule has 0 aliphatic heterocycles. The summed E-state index contributed by atoms with van der Waals surface area (Å²) < 4.78 is 0. The lowest BCUT2D eigenvalue weighted by Gasteiger charge is -2.35. The number of amides is 3. The van der Waals surface area contributed by atoms with Gasteiger partial charge in [0.1, 0.15) is 5.54 Å². The minimum Gasteiger partial charge on any atom is -0.368 e. The average Bonchev–Trinajstić information content (AvgIpc) is 2.61. The fourth-order valence-corrected chi connectivity index (χ4v) is 3.07. The van der Waals surface area contributed by atoms with Gasteiger partial charge in [-0.3, -0.25) is 14.4 Å². The van der Waals surface area contributed by atoms with Crippen molar-refractivity contribution in [1.29, 1.82) is 0 Å². The molecule has 1 aromatic rings. The zero-order chi connectivity index (χ0) is 18.4. The molecule has 1 saturated carbocycles. The van der Waals surface area contributed by atoms with E-state index in [-0.39, 0.29) is 17.7 Å². The van der Waals surface area contributed by atoms with Crippen LogP contribution < -0.4 is 16.4 Å². The van der Waals surface area contributed by atoms with Crippen molar-refractivity contribution >= 4 is 23.4 Å². The first-order chi connectivity index (χ1) is 11.9. The van der Waals surface area contributed by atoms with E-state index in [1.165, 1.54) is 0 Å². The Bertz CT molecular complexity index is 651. The van der Waals surface area contributed by atoms with E-state index >= 15 is 0 Å². The third-order valence-electron chi connectivity index (χ3n) is 4.98. The number of carbonyl (C=O) groups is 3. The van der Waals surface area contributed by atoms with Crippen LogP contribution in [0.25, 0.3) is 0 Å². The maximum atomic E-state index is 12.6. The molecule has 0 aromatic heterocycles. The van der Waals surface area contributed by atoms with Gasteiger partial charge in [-0.1, -0.05) is 39.2 Å². The fourth-order valence-electron chi connectivity index (χ4n) is 3.07. The van der Waals surface area contributed by atoms with Crippen molar-refractivity contribution in [3.8, 4) is 0 Å². The van der Waals surface area contributed by atoms with Crippen LogP contribution in [0.2, 0.25) is 0 Å². The van der Waals surface area contributed by atoms with Crippen molar-refractivity contribution in [2.75, 3.05) is 5.32 Å². The van der Waals surface area contributed by atoms with Gasteiger partial charge < -0.3 is 16.4 Å². The van der Waals surface area contributed by atoms with E-state index in [1.807, 2.05) is 13.8 Å². The monoisotopic (exact) mass is 345 g/mol. The lowest BCUT2D eigenvalue weighted by molar-refractivity contribution is -0.125. The van der Waals surface area contributed by atoms with Crippen molar-refractivity contribution in [3.63, 3.8) is 0 Å². The van der Waals surface area contributed by atoms with Gasteiger partial charge in [0.2, 0.25) is 11.8 Å². The van der Waals surface area contributed by atoms with Crippen molar-refractivity contribution in [2.24, 2.45) is 11.7 Å². The summed E-state index contributed by atoms with van der Waals surface area (Å²) in [4.78, 5) is 36.5. The lowest BCUT2D eigenvalue weighted by atomic mass is 9.81. The van der Waals surface area contributed by atoms with E-state index in [9.17, 15) is 14.4 Å². The highest BCUT2D eigenvalue weighted by atomic mass is 16.2. The molecule has 0 spiro atoms. The fraction of sp³-hybridized carbons (Fsp3) is 0.526. The topological polar surface area (TPSA) is 101 Å². The third-order valence-corrected chi connectivity index (χ3v) is 4.98. The molecule has 1 unspecified atom stereocenters. The second kappa shape index (κ2) is 8.14. The number of rotatable bonds is 6. The van der Waals surface area contributed by atoms with E-state index in [0.717, 1.165) is 25.7 Å². The van der Waals surface area contributed by atoms with Crippen LogP contribution in [0.5, 0.6) is 0 Å². The van der Waals surface area contributed by atoms with Gasteiger partial charge in [-0.2, -0.15) is 0 Å². The summed E-state index contributed by atoms with van der Waals surface area (Å²) in [5.74, 6) is -1.01. The highest BCUT2D eigenvalue weighted by molar-refractivity contribution is 6.00. The van der Waals surface area contributed by atoms with Crippen LogP contribution in [-0.2, 0) is 9.59 Å². The number of hydrogen-bond acceptors (Lipinski definition) is 3. The molecule has 1 aliphatic rings. The van der Waals surface area contributed by atoms with Crippen molar-refractivity contribution in [3.05, 3.63) is 29.8 Å². The van der Waals surface area contributed by atoms with Crippen LogP contribution in [0.15, 0.2) is 24.3 Å². The maximum Gasteiger partial charge on any atom is 0.252 e. The molecule has 3 amide bonds. The van der Waals surface area contributed by atoms with Gasteiger partial charge in [-0.05, 0) is 37.5 Å². The van der Waals surface area contributed by atoms with E-state index in [2.05, 4.69) is 10.6 Å². The minimum absolute atomic E-state index is 0.0825.